The molecule has 0 saturated carbocycles. The first-order valence-corrected chi connectivity index (χ1v) is 8.22. The minimum Gasteiger partial charge on any atom is -0.481 e. The number of alkyl carbamates (subject to hydrolysis) is 1. The number of aliphatic carboxylic acids is 1. The van der Waals surface area contributed by atoms with E-state index in [9.17, 15) is 14.4 Å². The predicted octanol–water partition coefficient (Wildman–Crippen LogP) is 2.29. The van der Waals surface area contributed by atoms with Crippen molar-refractivity contribution in [3.8, 4) is 0 Å². The quantitative estimate of drug-likeness (QED) is 0.851. The fourth-order valence-corrected chi connectivity index (χ4v) is 2.68. The Labute approximate surface area is 147 Å². The van der Waals surface area contributed by atoms with E-state index in [0.717, 1.165) is 11.1 Å². The van der Waals surface area contributed by atoms with Gasteiger partial charge in [-0.15, -0.1) is 0 Å². The second-order valence-corrected chi connectivity index (χ2v) is 7.09. The van der Waals surface area contributed by atoms with Crippen LogP contribution in [-0.4, -0.2) is 39.6 Å². The van der Waals surface area contributed by atoms with Gasteiger partial charge >= 0.3 is 12.1 Å². The molecular formula is C18H24N2O5. The molecule has 136 valence electrons. The fourth-order valence-electron chi connectivity index (χ4n) is 2.68. The van der Waals surface area contributed by atoms with Crippen LogP contribution in [0.3, 0.4) is 0 Å². The number of nitrogens with zero attached hydrogens (tertiary/aromatic N) is 1. The molecule has 1 aromatic rings. The molecule has 25 heavy (non-hydrogen) atoms. The fraction of sp³-hybridized carbons (Fsp3) is 0.500. The van der Waals surface area contributed by atoms with Crippen molar-refractivity contribution in [1.82, 2.24) is 10.2 Å². The van der Waals surface area contributed by atoms with Gasteiger partial charge in [0.15, 0.2) is 0 Å². The van der Waals surface area contributed by atoms with E-state index in [1.54, 1.807) is 25.7 Å². The highest BCUT2D eigenvalue weighted by Gasteiger charge is 2.31. The maximum atomic E-state index is 12.8. The number of hydrogen-bond donors (Lipinski definition) is 2. The number of carbonyl (C=O) groups excluding carboxylic acids is 2. The van der Waals surface area contributed by atoms with Gasteiger partial charge in [0, 0.05) is 19.5 Å². The molecule has 1 atom stereocenters. The molecule has 2 rings (SSSR count). The van der Waals surface area contributed by atoms with E-state index in [1.807, 2.05) is 24.3 Å². The van der Waals surface area contributed by atoms with E-state index in [4.69, 9.17) is 9.84 Å². The lowest BCUT2D eigenvalue weighted by Crippen LogP contribution is -2.48. The van der Waals surface area contributed by atoms with Crippen LogP contribution in [0.5, 0.6) is 0 Å². The molecule has 7 heteroatoms. The third kappa shape index (κ3) is 5.48. The molecule has 7 nitrogen and oxygen atoms in total. The number of ether oxygens (including phenoxy) is 1. The summed E-state index contributed by atoms with van der Waals surface area (Å²) in [5.74, 6) is -1.32. The van der Waals surface area contributed by atoms with E-state index in [-0.39, 0.29) is 18.7 Å². The lowest BCUT2D eigenvalue weighted by molar-refractivity contribution is -0.138. The average molecular weight is 348 g/mol. The third-order valence-corrected chi connectivity index (χ3v) is 3.79. The first-order chi connectivity index (χ1) is 11.7. The summed E-state index contributed by atoms with van der Waals surface area (Å²) in [6.07, 6.45) is -0.930. The zero-order chi connectivity index (χ0) is 18.6. The van der Waals surface area contributed by atoms with Crippen LogP contribution in [-0.2, 0) is 27.4 Å². The molecule has 1 aliphatic heterocycles. The highest BCUT2D eigenvalue weighted by atomic mass is 16.6. The lowest BCUT2D eigenvalue weighted by Gasteiger charge is -2.26. The number of carboxylic acids is 1. The summed E-state index contributed by atoms with van der Waals surface area (Å²) < 4.78 is 5.18. The lowest BCUT2D eigenvalue weighted by atomic mass is 10.1. The Bertz CT molecular complexity index is 641. The van der Waals surface area contributed by atoms with E-state index in [0.29, 0.717) is 13.1 Å². The normalized spacial score (nSPS) is 14.6. The van der Waals surface area contributed by atoms with Gasteiger partial charge in [0.2, 0.25) is 5.91 Å². The van der Waals surface area contributed by atoms with Crippen LogP contribution in [0, 0.1) is 0 Å². The number of fused-ring (bicyclic) bond motifs is 1. The Balaban J connectivity index is 2.05. The van der Waals surface area contributed by atoms with Gasteiger partial charge in [0.1, 0.15) is 11.6 Å². The maximum Gasteiger partial charge on any atom is 0.408 e. The molecule has 1 aromatic carbocycles. The molecule has 2 amide bonds. The number of nitrogens with one attached hydrogen (secondary N) is 1. The molecular weight excluding hydrogens is 324 g/mol. The molecule has 0 spiro atoms. The number of amides is 2. The molecule has 2 N–H and O–H groups in total. The van der Waals surface area contributed by atoms with Crippen molar-refractivity contribution >= 4 is 18.0 Å². The Kier molecular flexibility index (Phi) is 5.66. The minimum absolute atomic E-state index is 0.0141. The van der Waals surface area contributed by atoms with Crippen molar-refractivity contribution in [3.63, 3.8) is 0 Å². The highest BCUT2D eigenvalue weighted by Crippen LogP contribution is 2.23. The smallest absolute Gasteiger partial charge is 0.408 e. The van der Waals surface area contributed by atoms with Crippen molar-refractivity contribution in [2.45, 2.75) is 58.3 Å². The van der Waals surface area contributed by atoms with Gasteiger partial charge < -0.3 is 20.1 Å². The monoisotopic (exact) mass is 348 g/mol. The van der Waals surface area contributed by atoms with Crippen molar-refractivity contribution in [3.05, 3.63) is 35.4 Å². The minimum atomic E-state index is -1.02. The maximum absolute atomic E-state index is 12.8. The second kappa shape index (κ2) is 7.55. The van der Waals surface area contributed by atoms with E-state index in [1.165, 1.54) is 0 Å². The van der Waals surface area contributed by atoms with Crippen LogP contribution in [0.15, 0.2) is 24.3 Å². The van der Waals surface area contributed by atoms with Gasteiger partial charge in [0.05, 0.1) is 0 Å². The van der Waals surface area contributed by atoms with Crippen LogP contribution in [0.4, 0.5) is 4.79 Å². The van der Waals surface area contributed by atoms with Crippen LogP contribution in [0.25, 0.3) is 0 Å². The van der Waals surface area contributed by atoms with Crippen LogP contribution >= 0.6 is 0 Å². The van der Waals surface area contributed by atoms with Gasteiger partial charge in [-0.25, -0.2) is 4.79 Å². The first kappa shape index (κ1) is 18.8. The standard InChI is InChI=1S/C18H24N2O5/c1-18(2,3)25-17(24)19-14(8-9-15(21)22)16(23)20-10-12-6-4-5-7-13(12)11-20/h4-7,14H,8-11H2,1-3H3,(H,19,24)(H,21,22)/t14-/m0/s1. The Morgan fingerprint density at radius 2 is 1.76 bits per heavy atom. The van der Waals surface area contributed by atoms with Gasteiger partial charge in [-0.1, -0.05) is 24.3 Å². The molecule has 1 aliphatic rings. The number of hydrogen-bond acceptors (Lipinski definition) is 4. The zero-order valence-electron chi connectivity index (χ0n) is 14.7. The summed E-state index contributed by atoms with van der Waals surface area (Å²) in [6.45, 7) is 6.07. The van der Waals surface area contributed by atoms with Crippen molar-refractivity contribution < 1.29 is 24.2 Å². The van der Waals surface area contributed by atoms with Crippen LogP contribution in [0.1, 0.15) is 44.7 Å². The van der Waals surface area contributed by atoms with E-state index < -0.39 is 23.7 Å². The number of benzene rings is 1. The van der Waals surface area contributed by atoms with E-state index >= 15 is 0 Å². The Morgan fingerprint density at radius 3 is 2.24 bits per heavy atom. The third-order valence-electron chi connectivity index (χ3n) is 3.79. The molecule has 0 saturated heterocycles. The predicted molar refractivity (Wildman–Crippen MR) is 90.7 cm³/mol. The number of carbonyl (C=O) groups is 3. The number of carboxylic acid groups (broad SMARTS) is 1. The summed E-state index contributed by atoms with van der Waals surface area (Å²) in [6, 6.07) is 6.80. The highest BCUT2D eigenvalue weighted by molar-refractivity contribution is 5.86. The van der Waals surface area contributed by atoms with E-state index in [2.05, 4.69) is 5.32 Å². The van der Waals surface area contributed by atoms with Crippen molar-refractivity contribution in [1.29, 1.82) is 0 Å². The molecule has 0 bridgehead atoms. The first-order valence-electron chi connectivity index (χ1n) is 8.22. The zero-order valence-corrected chi connectivity index (χ0v) is 14.7. The van der Waals surface area contributed by atoms with Crippen molar-refractivity contribution in [2.24, 2.45) is 0 Å². The van der Waals surface area contributed by atoms with Crippen molar-refractivity contribution in [2.75, 3.05) is 0 Å². The summed E-state index contributed by atoms with van der Waals surface area (Å²) in [5, 5.41) is 11.4. The second-order valence-electron chi connectivity index (χ2n) is 7.09. The Morgan fingerprint density at radius 1 is 1.20 bits per heavy atom. The largest absolute Gasteiger partial charge is 0.481 e. The summed E-state index contributed by atoms with van der Waals surface area (Å²) in [7, 11) is 0. The van der Waals surface area contributed by atoms with Crippen LogP contribution in [0.2, 0.25) is 0 Å². The van der Waals surface area contributed by atoms with Gasteiger partial charge in [0.25, 0.3) is 0 Å². The SMILES string of the molecule is CC(C)(C)OC(=O)N[C@@H](CCC(=O)O)C(=O)N1Cc2ccccc2C1. The number of rotatable bonds is 5. The molecule has 0 aliphatic carbocycles. The molecule has 0 aromatic heterocycles. The summed E-state index contributed by atoms with van der Waals surface area (Å²) in [5.41, 5.74) is 1.42. The molecule has 1 heterocycles. The van der Waals surface area contributed by atoms with Gasteiger partial charge in [-0.3, -0.25) is 9.59 Å². The topological polar surface area (TPSA) is 95.9 Å². The average Bonchev–Trinajstić information content (AvgIpc) is 2.92. The molecule has 0 fully saturated rings. The molecule has 0 unspecified atom stereocenters. The molecule has 0 radical (unpaired) electrons. The van der Waals surface area contributed by atoms with Gasteiger partial charge in [-0.2, -0.15) is 0 Å². The summed E-state index contributed by atoms with van der Waals surface area (Å²) >= 11 is 0. The summed E-state index contributed by atoms with van der Waals surface area (Å²) in [4.78, 5) is 37.3. The Hall–Kier alpha value is -2.57. The van der Waals surface area contributed by atoms with Crippen LogP contribution < -0.4 is 5.32 Å². The van der Waals surface area contributed by atoms with Gasteiger partial charge in [-0.05, 0) is 38.3 Å².